The Morgan fingerprint density at radius 3 is 2.14 bits per heavy atom. The molecule has 2 nitrogen and oxygen atoms in total. The summed E-state index contributed by atoms with van der Waals surface area (Å²) < 4.78 is 38.3. The van der Waals surface area contributed by atoms with Crippen LogP contribution >= 0.6 is 15.9 Å². The van der Waals surface area contributed by atoms with Crippen LogP contribution in [0.4, 0.5) is 18.9 Å². The molecule has 0 saturated heterocycles. The van der Waals surface area contributed by atoms with E-state index in [1.807, 2.05) is 0 Å². The van der Waals surface area contributed by atoms with E-state index in [1.165, 1.54) is 0 Å². The molecular formula is C16H11BrF3NO. The van der Waals surface area contributed by atoms with E-state index in [9.17, 15) is 18.0 Å². The van der Waals surface area contributed by atoms with Gasteiger partial charge >= 0.3 is 6.18 Å². The first kappa shape index (κ1) is 16.3. The quantitative estimate of drug-likeness (QED) is 0.765. The Kier molecular flexibility index (Phi) is 5.03. The Balaban J connectivity index is 2.38. The zero-order valence-electron chi connectivity index (χ0n) is 11.2. The average molecular weight is 370 g/mol. The number of para-hydroxylation sites is 1. The van der Waals surface area contributed by atoms with Crippen LogP contribution in [0, 0.1) is 0 Å². The fraction of sp³-hybridized carbons (Fsp3) is 0.0625. The van der Waals surface area contributed by atoms with Crippen LogP contribution in [0.1, 0.15) is 5.56 Å². The first-order chi connectivity index (χ1) is 10.4. The number of alkyl halides is 3. The molecule has 2 aromatic carbocycles. The minimum absolute atomic E-state index is 0.0843. The molecule has 0 amide bonds. The van der Waals surface area contributed by atoms with Crippen LogP contribution in [0.3, 0.4) is 0 Å². The van der Waals surface area contributed by atoms with Gasteiger partial charge in [0, 0.05) is 21.9 Å². The summed E-state index contributed by atoms with van der Waals surface area (Å²) in [6.45, 7) is 0. The summed E-state index contributed by atoms with van der Waals surface area (Å²) >= 11 is 3.26. The third-order valence-electron chi connectivity index (χ3n) is 2.76. The maximum atomic E-state index is 12.5. The average Bonchev–Trinajstić information content (AvgIpc) is 2.47. The van der Waals surface area contributed by atoms with Gasteiger partial charge < -0.3 is 5.32 Å². The summed E-state index contributed by atoms with van der Waals surface area (Å²) in [7, 11) is 0. The highest BCUT2D eigenvalue weighted by Gasteiger charge is 2.36. The number of rotatable bonds is 4. The summed E-state index contributed by atoms with van der Waals surface area (Å²) in [4.78, 5) is 11.3. The summed E-state index contributed by atoms with van der Waals surface area (Å²) in [6, 6.07) is 15.3. The van der Waals surface area contributed by atoms with Gasteiger partial charge in [-0.3, -0.25) is 4.79 Å². The Morgan fingerprint density at radius 1 is 1.00 bits per heavy atom. The molecule has 0 aliphatic heterocycles. The predicted molar refractivity (Wildman–Crippen MR) is 83.2 cm³/mol. The number of anilines is 1. The lowest BCUT2D eigenvalue weighted by Crippen LogP contribution is -2.21. The van der Waals surface area contributed by atoms with E-state index >= 15 is 0 Å². The molecule has 1 N–H and O–H groups in total. The van der Waals surface area contributed by atoms with Gasteiger partial charge in [-0.15, -0.1) is 0 Å². The normalized spacial score (nSPS) is 12.1. The molecule has 0 aliphatic carbocycles. The molecule has 0 atom stereocenters. The monoisotopic (exact) mass is 369 g/mol. The highest BCUT2D eigenvalue weighted by atomic mass is 79.9. The number of hydrogen-bond acceptors (Lipinski definition) is 2. The van der Waals surface area contributed by atoms with Crippen molar-refractivity contribution in [3.05, 3.63) is 70.7 Å². The van der Waals surface area contributed by atoms with Crippen molar-refractivity contribution < 1.29 is 18.0 Å². The minimum Gasteiger partial charge on any atom is -0.355 e. The second-order valence-electron chi connectivity index (χ2n) is 4.42. The van der Waals surface area contributed by atoms with Crippen LogP contribution in [-0.2, 0) is 4.79 Å². The SMILES string of the molecule is O=C(/C=C(\Nc1ccccc1)c1ccc(Br)cc1)C(F)(F)F. The first-order valence-electron chi connectivity index (χ1n) is 6.27. The third kappa shape index (κ3) is 4.46. The number of ketones is 1. The van der Waals surface area contributed by atoms with E-state index in [1.54, 1.807) is 54.6 Å². The van der Waals surface area contributed by atoms with Crippen LogP contribution in [0.5, 0.6) is 0 Å². The summed E-state index contributed by atoms with van der Waals surface area (Å²) in [6.07, 6.45) is -4.34. The second kappa shape index (κ2) is 6.79. The lowest BCUT2D eigenvalue weighted by atomic mass is 10.1. The van der Waals surface area contributed by atoms with E-state index in [-0.39, 0.29) is 5.70 Å². The van der Waals surface area contributed by atoms with Crippen molar-refractivity contribution in [2.45, 2.75) is 6.18 Å². The second-order valence-corrected chi connectivity index (χ2v) is 5.33. The largest absolute Gasteiger partial charge is 0.454 e. The van der Waals surface area contributed by atoms with Crippen molar-refractivity contribution in [2.24, 2.45) is 0 Å². The van der Waals surface area contributed by atoms with Crippen molar-refractivity contribution in [1.29, 1.82) is 0 Å². The molecule has 0 bridgehead atoms. The maximum absolute atomic E-state index is 12.5. The maximum Gasteiger partial charge on any atom is 0.454 e. The molecule has 114 valence electrons. The first-order valence-corrected chi connectivity index (χ1v) is 7.06. The number of nitrogens with one attached hydrogen (secondary N) is 1. The van der Waals surface area contributed by atoms with Crippen LogP contribution < -0.4 is 5.32 Å². The number of allylic oxidation sites excluding steroid dienone is 1. The predicted octanol–water partition coefficient (Wildman–Crippen LogP) is 5.03. The van der Waals surface area contributed by atoms with Gasteiger partial charge in [-0.25, -0.2) is 0 Å². The molecule has 2 aromatic rings. The van der Waals surface area contributed by atoms with Crippen LogP contribution in [0.25, 0.3) is 5.70 Å². The number of benzene rings is 2. The van der Waals surface area contributed by atoms with Gasteiger partial charge in [0.25, 0.3) is 5.78 Å². The topological polar surface area (TPSA) is 29.1 Å². The van der Waals surface area contributed by atoms with Crippen molar-refractivity contribution in [3.8, 4) is 0 Å². The molecule has 0 spiro atoms. The van der Waals surface area contributed by atoms with Gasteiger partial charge in [0.15, 0.2) is 0 Å². The molecule has 0 unspecified atom stereocenters. The zero-order chi connectivity index (χ0) is 16.2. The number of halogens is 4. The Labute approximate surface area is 133 Å². The van der Waals surface area contributed by atoms with Crippen molar-refractivity contribution in [2.75, 3.05) is 5.32 Å². The fourth-order valence-electron chi connectivity index (χ4n) is 1.71. The molecule has 0 fully saturated rings. The Morgan fingerprint density at radius 2 is 1.59 bits per heavy atom. The van der Waals surface area contributed by atoms with Crippen LogP contribution in [0.15, 0.2) is 65.1 Å². The molecule has 0 saturated carbocycles. The molecule has 0 aliphatic rings. The molecular weight excluding hydrogens is 359 g/mol. The van der Waals surface area contributed by atoms with Crippen molar-refractivity contribution in [3.63, 3.8) is 0 Å². The van der Waals surface area contributed by atoms with E-state index in [0.29, 0.717) is 17.3 Å². The Hall–Kier alpha value is -2.08. The van der Waals surface area contributed by atoms with Crippen LogP contribution in [-0.4, -0.2) is 12.0 Å². The number of carbonyl (C=O) groups excluding carboxylic acids is 1. The molecule has 0 radical (unpaired) electrons. The Bertz CT molecular complexity index is 679. The van der Waals surface area contributed by atoms with Crippen molar-refractivity contribution in [1.82, 2.24) is 0 Å². The highest BCUT2D eigenvalue weighted by Crippen LogP contribution is 2.24. The van der Waals surface area contributed by atoms with E-state index in [0.717, 1.165) is 4.47 Å². The molecule has 6 heteroatoms. The molecule has 2 rings (SSSR count). The summed E-state index contributed by atoms with van der Waals surface area (Å²) in [5.74, 6) is -1.91. The fourth-order valence-corrected chi connectivity index (χ4v) is 1.98. The molecule has 0 aromatic heterocycles. The van der Waals surface area contributed by atoms with E-state index in [2.05, 4.69) is 21.2 Å². The third-order valence-corrected chi connectivity index (χ3v) is 3.29. The van der Waals surface area contributed by atoms with E-state index in [4.69, 9.17) is 0 Å². The van der Waals surface area contributed by atoms with Gasteiger partial charge in [-0.1, -0.05) is 46.3 Å². The van der Waals surface area contributed by atoms with Gasteiger partial charge in [0.2, 0.25) is 0 Å². The lowest BCUT2D eigenvalue weighted by Gasteiger charge is -2.12. The van der Waals surface area contributed by atoms with E-state index < -0.39 is 12.0 Å². The number of carbonyl (C=O) groups is 1. The summed E-state index contributed by atoms with van der Waals surface area (Å²) in [5, 5.41) is 2.84. The smallest absolute Gasteiger partial charge is 0.355 e. The van der Waals surface area contributed by atoms with Gasteiger partial charge in [-0.05, 0) is 29.8 Å². The lowest BCUT2D eigenvalue weighted by molar-refractivity contribution is -0.165. The van der Waals surface area contributed by atoms with Gasteiger partial charge in [0.1, 0.15) is 0 Å². The number of hydrogen-bond donors (Lipinski definition) is 1. The highest BCUT2D eigenvalue weighted by molar-refractivity contribution is 9.10. The standard InChI is InChI=1S/C16H11BrF3NO/c17-12-8-6-11(7-9-12)14(10-15(22)16(18,19)20)21-13-4-2-1-3-5-13/h1-10,21H/b14-10-. The van der Waals surface area contributed by atoms with Crippen molar-refractivity contribution >= 4 is 33.1 Å². The van der Waals surface area contributed by atoms with Crippen LogP contribution in [0.2, 0.25) is 0 Å². The molecule has 0 heterocycles. The van der Waals surface area contributed by atoms with Gasteiger partial charge in [0.05, 0.1) is 0 Å². The van der Waals surface area contributed by atoms with Gasteiger partial charge in [-0.2, -0.15) is 13.2 Å². The zero-order valence-corrected chi connectivity index (χ0v) is 12.8. The molecule has 22 heavy (non-hydrogen) atoms. The summed E-state index contributed by atoms with van der Waals surface area (Å²) in [5.41, 5.74) is 1.15. The minimum atomic E-state index is -4.90.